The molecular weight excluding hydrogens is 388 g/mol. The van der Waals surface area contributed by atoms with Gasteiger partial charge in [-0.25, -0.2) is 9.67 Å². The molecule has 0 aliphatic heterocycles. The molecule has 3 aromatic heterocycles. The smallest absolute Gasteiger partial charge is 0.211 e. The lowest BCUT2D eigenvalue weighted by atomic mass is 9.68. The highest BCUT2D eigenvalue weighted by Gasteiger charge is 2.45. The summed E-state index contributed by atoms with van der Waals surface area (Å²) in [5.41, 5.74) is 2.34. The van der Waals surface area contributed by atoms with Crippen LogP contribution in [0.3, 0.4) is 0 Å². The molecule has 7 heteroatoms. The second kappa shape index (κ2) is 6.09. The van der Waals surface area contributed by atoms with Gasteiger partial charge in [0.05, 0.1) is 38.3 Å². The SMILES string of the molecule is CC1(C)CC(=O)c2c(-c3cccs3)nn(-c3nc4ccccc4s3)c2C1C#N. The minimum Gasteiger partial charge on any atom is -0.294 e. The Hall–Kier alpha value is -2.82. The molecule has 1 unspecified atom stereocenters. The quantitative estimate of drug-likeness (QED) is 0.446. The van der Waals surface area contributed by atoms with Crippen LogP contribution in [0.5, 0.6) is 0 Å². The second-order valence-corrected chi connectivity index (χ2v) is 9.57. The average Bonchev–Trinajstić information content (AvgIpc) is 3.38. The van der Waals surface area contributed by atoms with Gasteiger partial charge in [0.15, 0.2) is 5.78 Å². The van der Waals surface area contributed by atoms with Crippen molar-refractivity contribution >= 4 is 38.7 Å². The van der Waals surface area contributed by atoms with E-state index in [1.165, 1.54) is 11.3 Å². The maximum atomic E-state index is 13.1. The van der Waals surface area contributed by atoms with Crippen molar-refractivity contribution in [2.45, 2.75) is 26.2 Å². The van der Waals surface area contributed by atoms with Gasteiger partial charge in [-0.15, -0.1) is 11.3 Å². The van der Waals surface area contributed by atoms with Crippen molar-refractivity contribution in [2.75, 3.05) is 0 Å². The molecule has 0 N–H and O–H groups in total. The van der Waals surface area contributed by atoms with Crippen molar-refractivity contribution < 1.29 is 4.79 Å². The summed E-state index contributed by atoms with van der Waals surface area (Å²) in [6.45, 7) is 3.95. The fourth-order valence-corrected chi connectivity index (χ4v) is 5.51. The minimum atomic E-state index is -0.458. The number of fused-ring (bicyclic) bond motifs is 2. The zero-order valence-electron chi connectivity index (χ0n) is 15.3. The van der Waals surface area contributed by atoms with Crippen LogP contribution in [0.1, 0.15) is 42.2 Å². The molecule has 4 aromatic rings. The molecule has 28 heavy (non-hydrogen) atoms. The zero-order chi connectivity index (χ0) is 19.5. The van der Waals surface area contributed by atoms with E-state index in [0.29, 0.717) is 28.5 Å². The fraction of sp³-hybridized carbons (Fsp3) is 0.238. The number of para-hydroxylation sites is 1. The summed E-state index contributed by atoms with van der Waals surface area (Å²) in [5, 5.41) is 17.5. The molecule has 0 saturated carbocycles. The third-order valence-electron chi connectivity index (χ3n) is 5.22. The minimum absolute atomic E-state index is 0.0438. The van der Waals surface area contributed by atoms with Gasteiger partial charge < -0.3 is 0 Å². The number of carbonyl (C=O) groups excluding carboxylic acids is 1. The van der Waals surface area contributed by atoms with Crippen LogP contribution in [-0.2, 0) is 0 Å². The van der Waals surface area contributed by atoms with E-state index in [0.717, 1.165) is 15.1 Å². The number of Topliss-reactive ketones (excluding diaryl/α,β-unsaturated/α-hetero) is 1. The Morgan fingerprint density at radius 2 is 2.07 bits per heavy atom. The highest BCUT2D eigenvalue weighted by Crippen LogP contribution is 2.48. The van der Waals surface area contributed by atoms with Gasteiger partial charge in [0, 0.05) is 6.42 Å². The number of rotatable bonds is 2. The van der Waals surface area contributed by atoms with Crippen molar-refractivity contribution in [3.63, 3.8) is 0 Å². The first-order valence-electron chi connectivity index (χ1n) is 8.95. The lowest BCUT2D eigenvalue weighted by Gasteiger charge is -2.33. The molecular formula is C21H16N4OS2. The Bertz CT molecular complexity index is 1220. The molecule has 5 rings (SSSR count). The van der Waals surface area contributed by atoms with Crippen LogP contribution in [0.2, 0.25) is 0 Å². The third kappa shape index (κ3) is 2.45. The maximum Gasteiger partial charge on any atom is 0.211 e. The van der Waals surface area contributed by atoms with Gasteiger partial charge in [-0.1, -0.05) is 43.4 Å². The number of ketones is 1. The topological polar surface area (TPSA) is 71.6 Å². The van der Waals surface area contributed by atoms with Crippen molar-refractivity contribution in [3.05, 3.63) is 53.0 Å². The number of benzene rings is 1. The van der Waals surface area contributed by atoms with E-state index in [1.54, 1.807) is 16.0 Å². The molecule has 0 fully saturated rings. The highest BCUT2D eigenvalue weighted by atomic mass is 32.1. The molecule has 0 spiro atoms. The predicted octanol–water partition coefficient (Wildman–Crippen LogP) is 5.43. The molecule has 0 bridgehead atoms. The van der Waals surface area contributed by atoms with E-state index in [-0.39, 0.29) is 5.78 Å². The van der Waals surface area contributed by atoms with Crippen molar-refractivity contribution in [1.82, 2.24) is 14.8 Å². The predicted molar refractivity (Wildman–Crippen MR) is 111 cm³/mol. The summed E-state index contributed by atoms with van der Waals surface area (Å²) in [7, 11) is 0. The molecule has 1 atom stereocenters. The van der Waals surface area contributed by atoms with Crippen LogP contribution in [0.15, 0.2) is 41.8 Å². The number of carbonyl (C=O) groups is 1. The number of hydrogen-bond acceptors (Lipinski definition) is 6. The Balaban J connectivity index is 1.84. The zero-order valence-corrected chi connectivity index (χ0v) is 17.0. The van der Waals surface area contributed by atoms with E-state index >= 15 is 0 Å². The van der Waals surface area contributed by atoms with E-state index in [2.05, 4.69) is 6.07 Å². The first-order valence-corrected chi connectivity index (χ1v) is 10.6. The van der Waals surface area contributed by atoms with Crippen LogP contribution in [0, 0.1) is 16.7 Å². The van der Waals surface area contributed by atoms with Gasteiger partial charge in [0.25, 0.3) is 0 Å². The van der Waals surface area contributed by atoms with Gasteiger partial charge in [-0.2, -0.15) is 10.4 Å². The number of thiophene rings is 1. The summed E-state index contributed by atoms with van der Waals surface area (Å²) >= 11 is 3.06. The van der Waals surface area contributed by atoms with Crippen LogP contribution in [0.25, 0.3) is 25.9 Å². The first-order chi connectivity index (χ1) is 13.5. The molecule has 5 nitrogen and oxygen atoms in total. The number of aromatic nitrogens is 3. The Labute approximate surface area is 169 Å². The fourth-order valence-electron chi connectivity index (χ4n) is 3.87. The van der Waals surface area contributed by atoms with Gasteiger partial charge in [-0.05, 0) is 29.0 Å². The maximum absolute atomic E-state index is 13.1. The number of hydrogen-bond donors (Lipinski definition) is 0. The summed E-state index contributed by atoms with van der Waals surface area (Å²) in [6, 6.07) is 14.3. The number of thiazole rings is 1. The molecule has 1 aliphatic rings. The van der Waals surface area contributed by atoms with Crippen LogP contribution >= 0.6 is 22.7 Å². The van der Waals surface area contributed by atoms with E-state index < -0.39 is 11.3 Å². The standard InChI is InChI=1S/C21H16N4OS2/c1-21(2)10-14(26)17-18(16-8-5-9-27-16)24-25(19(17)12(21)11-22)20-23-13-6-3-4-7-15(13)28-20/h3-9,12H,10H2,1-2H3. The van der Waals surface area contributed by atoms with Gasteiger partial charge in [0.2, 0.25) is 5.13 Å². The molecule has 3 heterocycles. The lowest BCUT2D eigenvalue weighted by molar-refractivity contribution is 0.0900. The molecule has 0 radical (unpaired) electrons. The van der Waals surface area contributed by atoms with Gasteiger partial charge in [0.1, 0.15) is 5.69 Å². The van der Waals surface area contributed by atoms with E-state index in [9.17, 15) is 10.1 Å². The summed E-state index contributed by atoms with van der Waals surface area (Å²) in [5.74, 6) is -0.393. The Morgan fingerprint density at radius 3 is 2.79 bits per heavy atom. The molecule has 1 aliphatic carbocycles. The number of nitriles is 1. The normalized spacial score (nSPS) is 18.2. The highest BCUT2D eigenvalue weighted by molar-refractivity contribution is 7.20. The summed E-state index contributed by atoms with van der Waals surface area (Å²) < 4.78 is 2.79. The van der Waals surface area contributed by atoms with Crippen LogP contribution < -0.4 is 0 Å². The third-order valence-corrected chi connectivity index (χ3v) is 7.11. The summed E-state index contributed by atoms with van der Waals surface area (Å²) in [4.78, 5) is 18.8. The van der Waals surface area contributed by atoms with E-state index in [4.69, 9.17) is 10.1 Å². The second-order valence-electron chi connectivity index (χ2n) is 7.61. The Morgan fingerprint density at radius 1 is 1.25 bits per heavy atom. The Kier molecular flexibility index (Phi) is 3.76. The van der Waals surface area contributed by atoms with Gasteiger partial charge >= 0.3 is 0 Å². The molecule has 0 saturated heterocycles. The van der Waals surface area contributed by atoms with Crippen LogP contribution in [0.4, 0.5) is 0 Å². The molecule has 1 aromatic carbocycles. The van der Waals surface area contributed by atoms with Gasteiger partial charge in [-0.3, -0.25) is 4.79 Å². The summed E-state index contributed by atoms with van der Waals surface area (Å²) in [6.07, 6.45) is 0.335. The lowest BCUT2D eigenvalue weighted by Crippen LogP contribution is -2.32. The molecule has 138 valence electrons. The van der Waals surface area contributed by atoms with Crippen molar-refractivity contribution in [2.24, 2.45) is 5.41 Å². The average molecular weight is 405 g/mol. The van der Waals surface area contributed by atoms with Crippen LogP contribution in [-0.4, -0.2) is 20.5 Å². The van der Waals surface area contributed by atoms with Crippen molar-refractivity contribution in [1.29, 1.82) is 5.26 Å². The number of nitrogens with zero attached hydrogens (tertiary/aromatic N) is 4. The molecule has 0 amide bonds. The van der Waals surface area contributed by atoms with Crippen molar-refractivity contribution in [3.8, 4) is 21.8 Å². The monoisotopic (exact) mass is 404 g/mol. The largest absolute Gasteiger partial charge is 0.294 e. The first kappa shape index (κ1) is 17.3. The van der Waals surface area contributed by atoms with E-state index in [1.807, 2.05) is 55.6 Å².